The maximum absolute atomic E-state index is 10.9. The second-order valence-electron chi connectivity index (χ2n) is 4.87. The molecule has 1 aliphatic heterocycles. The van der Waals surface area contributed by atoms with Crippen LogP contribution in [0, 0.1) is 10.1 Å². The lowest BCUT2D eigenvalue weighted by atomic mass is 10.1. The molecule has 1 aromatic rings. The number of hydrogen-bond acceptors (Lipinski definition) is 4. The van der Waals surface area contributed by atoms with Crippen LogP contribution in [-0.2, 0) is 10.6 Å². The number of nitro benzene ring substituents is 1. The van der Waals surface area contributed by atoms with Crippen LogP contribution in [0.1, 0.15) is 25.3 Å². The molecule has 0 radical (unpaired) electrons. The predicted octanol–water partition coefficient (Wildman–Crippen LogP) is 3.34. The van der Waals surface area contributed by atoms with E-state index in [9.17, 15) is 10.1 Å². The summed E-state index contributed by atoms with van der Waals surface area (Å²) in [5, 5.41) is 10.9. The second-order valence-corrected chi connectivity index (χ2v) is 5.14. The first-order valence-electron chi connectivity index (χ1n) is 6.85. The van der Waals surface area contributed by atoms with E-state index in [-0.39, 0.29) is 22.6 Å². The Hall–Kier alpha value is -1.33. The number of alkyl halides is 1. The van der Waals surface area contributed by atoms with Gasteiger partial charge in [-0.3, -0.25) is 10.1 Å². The molecule has 20 heavy (non-hydrogen) atoms. The minimum absolute atomic E-state index is 0.0853. The van der Waals surface area contributed by atoms with Crippen molar-refractivity contribution in [3.05, 3.63) is 33.9 Å². The van der Waals surface area contributed by atoms with Crippen molar-refractivity contribution in [2.24, 2.45) is 0 Å². The van der Waals surface area contributed by atoms with E-state index < -0.39 is 0 Å². The molecule has 0 aliphatic carbocycles. The molecular weight excluding hydrogens is 280 g/mol. The number of benzene rings is 1. The number of piperidine rings is 1. The van der Waals surface area contributed by atoms with Crippen molar-refractivity contribution in [1.82, 2.24) is 0 Å². The molecule has 0 bridgehead atoms. The lowest BCUT2D eigenvalue weighted by molar-refractivity contribution is -0.385. The summed E-state index contributed by atoms with van der Waals surface area (Å²) in [7, 11) is 0. The molecule has 1 aliphatic rings. The fourth-order valence-corrected chi connectivity index (χ4v) is 2.81. The van der Waals surface area contributed by atoms with Crippen molar-refractivity contribution in [3.8, 4) is 0 Å². The first-order chi connectivity index (χ1) is 9.65. The number of hydrogen-bond donors (Lipinski definition) is 0. The Labute approximate surface area is 123 Å². The Morgan fingerprint density at radius 3 is 3.00 bits per heavy atom. The Bertz CT molecular complexity index is 479. The first-order valence-corrected chi connectivity index (χ1v) is 7.39. The molecule has 1 heterocycles. The maximum atomic E-state index is 10.9. The highest BCUT2D eigenvalue weighted by Crippen LogP contribution is 2.28. The average molecular weight is 299 g/mol. The Morgan fingerprint density at radius 1 is 1.55 bits per heavy atom. The van der Waals surface area contributed by atoms with Crippen molar-refractivity contribution in [1.29, 1.82) is 0 Å². The van der Waals surface area contributed by atoms with Gasteiger partial charge in [-0.15, -0.1) is 11.6 Å². The molecule has 0 saturated carbocycles. The summed E-state index contributed by atoms with van der Waals surface area (Å²) < 4.78 is 5.68. The van der Waals surface area contributed by atoms with Crippen molar-refractivity contribution < 1.29 is 9.66 Å². The highest BCUT2D eigenvalue weighted by molar-refractivity contribution is 6.17. The van der Waals surface area contributed by atoms with Crippen LogP contribution >= 0.6 is 11.6 Å². The topological polar surface area (TPSA) is 55.6 Å². The summed E-state index contributed by atoms with van der Waals surface area (Å²) in [6.45, 7) is 4.48. The molecule has 1 atom stereocenters. The van der Waals surface area contributed by atoms with Gasteiger partial charge in [0.15, 0.2) is 0 Å². The van der Waals surface area contributed by atoms with Gasteiger partial charge in [-0.05, 0) is 31.9 Å². The highest BCUT2D eigenvalue weighted by Gasteiger charge is 2.22. The summed E-state index contributed by atoms with van der Waals surface area (Å²) in [6, 6.07) is 5.15. The van der Waals surface area contributed by atoms with Gasteiger partial charge in [-0.2, -0.15) is 0 Å². The molecule has 1 fully saturated rings. The van der Waals surface area contributed by atoms with Crippen molar-refractivity contribution >= 4 is 23.0 Å². The molecule has 110 valence electrons. The molecule has 6 heteroatoms. The normalized spacial score (nSPS) is 19.1. The van der Waals surface area contributed by atoms with Crippen LogP contribution in [0.5, 0.6) is 0 Å². The summed E-state index contributed by atoms with van der Waals surface area (Å²) in [5.74, 6) is 0.146. The van der Waals surface area contributed by atoms with Crippen LogP contribution in [0.3, 0.4) is 0 Å². The smallest absolute Gasteiger partial charge is 0.273 e. The molecule has 1 aromatic carbocycles. The van der Waals surface area contributed by atoms with E-state index in [4.69, 9.17) is 16.3 Å². The van der Waals surface area contributed by atoms with E-state index in [1.54, 1.807) is 6.07 Å². The Balaban J connectivity index is 2.18. The number of nitrogens with zero attached hydrogens (tertiary/aromatic N) is 2. The molecule has 0 amide bonds. The number of anilines is 1. The van der Waals surface area contributed by atoms with Crippen LogP contribution in [0.15, 0.2) is 18.2 Å². The summed E-state index contributed by atoms with van der Waals surface area (Å²) in [5.41, 5.74) is 1.63. The zero-order chi connectivity index (χ0) is 14.5. The number of nitro groups is 1. The van der Waals surface area contributed by atoms with Gasteiger partial charge < -0.3 is 9.64 Å². The van der Waals surface area contributed by atoms with Gasteiger partial charge in [-0.1, -0.05) is 0 Å². The summed E-state index contributed by atoms with van der Waals surface area (Å²) >= 11 is 5.82. The molecule has 0 spiro atoms. The minimum atomic E-state index is -0.388. The van der Waals surface area contributed by atoms with Gasteiger partial charge in [0.25, 0.3) is 5.69 Å². The second kappa shape index (κ2) is 6.90. The molecule has 1 saturated heterocycles. The number of halogens is 1. The SMILES string of the molecule is CCOC1CCCN(c2ccc([N+](=O)[O-])c(CCl)c2)C1. The van der Waals surface area contributed by atoms with Gasteiger partial charge in [0.1, 0.15) is 0 Å². The van der Waals surface area contributed by atoms with Crippen molar-refractivity contribution in [2.75, 3.05) is 24.6 Å². The van der Waals surface area contributed by atoms with E-state index in [0.717, 1.165) is 31.6 Å². The van der Waals surface area contributed by atoms with Gasteiger partial charge in [-0.25, -0.2) is 0 Å². The monoisotopic (exact) mass is 298 g/mol. The maximum Gasteiger partial charge on any atom is 0.273 e. The molecule has 0 N–H and O–H groups in total. The molecular formula is C14H19ClN2O3. The third-order valence-corrected chi connectivity index (χ3v) is 3.84. The zero-order valence-electron chi connectivity index (χ0n) is 11.5. The Morgan fingerprint density at radius 2 is 2.35 bits per heavy atom. The third-order valence-electron chi connectivity index (χ3n) is 3.55. The summed E-state index contributed by atoms with van der Waals surface area (Å²) in [4.78, 5) is 12.7. The van der Waals surface area contributed by atoms with Crippen LogP contribution < -0.4 is 4.90 Å². The number of rotatable bonds is 5. The predicted molar refractivity (Wildman–Crippen MR) is 79.5 cm³/mol. The van der Waals surface area contributed by atoms with Crippen molar-refractivity contribution in [3.63, 3.8) is 0 Å². The zero-order valence-corrected chi connectivity index (χ0v) is 12.3. The number of ether oxygens (including phenoxy) is 1. The van der Waals surface area contributed by atoms with Gasteiger partial charge in [0.2, 0.25) is 0 Å². The average Bonchev–Trinajstić information content (AvgIpc) is 2.47. The van der Waals surface area contributed by atoms with Crippen LogP contribution in [0.25, 0.3) is 0 Å². The highest BCUT2D eigenvalue weighted by atomic mass is 35.5. The van der Waals surface area contributed by atoms with E-state index in [1.807, 2.05) is 13.0 Å². The fourth-order valence-electron chi connectivity index (χ4n) is 2.60. The lowest BCUT2D eigenvalue weighted by Gasteiger charge is -2.34. The van der Waals surface area contributed by atoms with E-state index in [2.05, 4.69) is 4.90 Å². The van der Waals surface area contributed by atoms with E-state index in [0.29, 0.717) is 12.2 Å². The molecule has 5 nitrogen and oxygen atoms in total. The van der Waals surface area contributed by atoms with Gasteiger partial charge >= 0.3 is 0 Å². The fraction of sp³-hybridized carbons (Fsp3) is 0.571. The van der Waals surface area contributed by atoms with Crippen LogP contribution in [0.2, 0.25) is 0 Å². The largest absolute Gasteiger partial charge is 0.377 e. The minimum Gasteiger partial charge on any atom is -0.377 e. The first kappa shape index (κ1) is 15.1. The van der Waals surface area contributed by atoms with E-state index in [1.165, 1.54) is 6.07 Å². The van der Waals surface area contributed by atoms with E-state index >= 15 is 0 Å². The van der Waals surface area contributed by atoms with Gasteiger partial charge in [0.05, 0.1) is 16.9 Å². The van der Waals surface area contributed by atoms with Crippen molar-refractivity contribution in [2.45, 2.75) is 31.7 Å². The molecule has 1 unspecified atom stereocenters. The summed E-state index contributed by atoms with van der Waals surface area (Å²) in [6.07, 6.45) is 2.38. The lowest BCUT2D eigenvalue weighted by Crippen LogP contribution is -2.39. The van der Waals surface area contributed by atoms with Gasteiger partial charge in [0, 0.05) is 37.0 Å². The standard InChI is InChI=1S/C14H19ClN2O3/c1-2-20-13-4-3-7-16(10-13)12-5-6-14(17(18)19)11(8-12)9-15/h5-6,8,13H,2-4,7,9-10H2,1H3. The van der Waals surface area contributed by atoms with Crippen LogP contribution in [-0.4, -0.2) is 30.7 Å². The molecule has 2 rings (SSSR count). The van der Waals surface area contributed by atoms with Crippen LogP contribution in [0.4, 0.5) is 11.4 Å². The molecule has 0 aromatic heterocycles. The Kier molecular flexibility index (Phi) is 5.20. The third kappa shape index (κ3) is 3.41. The quantitative estimate of drug-likeness (QED) is 0.475.